The first-order valence-electron chi connectivity index (χ1n) is 6.02. The van der Waals surface area contributed by atoms with Gasteiger partial charge in [0, 0.05) is 25.2 Å². The van der Waals surface area contributed by atoms with E-state index >= 15 is 0 Å². The average Bonchev–Trinajstić information content (AvgIpc) is 2.60. The molecule has 98 valence electrons. The van der Waals surface area contributed by atoms with Crippen LogP contribution >= 0.6 is 0 Å². The van der Waals surface area contributed by atoms with Gasteiger partial charge in [0.05, 0.1) is 19.3 Å². The third-order valence-electron chi connectivity index (χ3n) is 2.84. The summed E-state index contributed by atoms with van der Waals surface area (Å²) in [7, 11) is 1.70. The summed E-state index contributed by atoms with van der Waals surface area (Å²) in [5, 5.41) is 0. The summed E-state index contributed by atoms with van der Waals surface area (Å²) in [6.45, 7) is 2.95. The molecule has 0 aliphatic carbocycles. The molecule has 1 heterocycles. The largest absolute Gasteiger partial charge is 0.490 e. The van der Waals surface area contributed by atoms with E-state index in [1.165, 1.54) is 4.90 Å². The Morgan fingerprint density at radius 3 is 2.67 bits per heavy atom. The highest BCUT2D eigenvalue weighted by atomic mass is 16.5. The van der Waals surface area contributed by atoms with E-state index < -0.39 is 6.04 Å². The van der Waals surface area contributed by atoms with Crippen molar-refractivity contribution in [1.29, 1.82) is 0 Å². The molecule has 1 aliphatic heterocycles. The predicted molar refractivity (Wildman–Crippen MR) is 69.1 cm³/mol. The first-order valence-corrected chi connectivity index (χ1v) is 6.02. The SMILES string of the molecule is CC(N)C(=O)N(C)c1ccc2c(c1)OCCCO2. The Morgan fingerprint density at radius 1 is 1.33 bits per heavy atom. The summed E-state index contributed by atoms with van der Waals surface area (Å²) in [6, 6.07) is 4.93. The highest BCUT2D eigenvalue weighted by molar-refractivity contribution is 5.96. The smallest absolute Gasteiger partial charge is 0.243 e. The third kappa shape index (κ3) is 2.56. The van der Waals surface area contributed by atoms with Gasteiger partial charge in [-0.15, -0.1) is 0 Å². The molecule has 5 nitrogen and oxygen atoms in total. The molecular formula is C13H18N2O3. The van der Waals surface area contributed by atoms with Crippen LogP contribution in [0.1, 0.15) is 13.3 Å². The second-order valence-electron chi connectivity index (χ2n) is 4.37. The second-order valence-corrected chi connectivity index (χ2v) is 4.37. The van der Waals surface area contributed by atoms with E-state index in [1.807, 2.05) is 12.1 Å². The molecule has 2 rings (SSSR count). The summed E-state index contributed by atoms with van der Waals surface area (Å²) >= 11 is 0. The number of carbonyl (C=O) groups excluding carboxylic acids is 1. The number of likely N-dealkylation sites (N-methyl/N-ethyl adjacent to an activating group) is 1. The van der Waals surface area contributed by atoms with Crippen LogP contribution in [0, 0.1) is 0 Å². The number of hydrogen-bond donors (Lipinski definition) is 1. The van der Waals surface area contributed by atoms with Crippen molar-refractivity contribution in [2.24, 2.45) is 5.73 Å². The van der Waals surface area contributed by atoms with E-state index in [9.17, 15) is 4.79 Å². The zero-order valence-corrected chi connectivity index (χ0v) is 10.7. The van der Waals surface area contributed by atoms with Crippen molar-refractivity contribution in [2.45, 2.75) is 19.4 Å². The van der Waals surface area contributed by atoms with Crippen LogP contribution < -0.4 is 20.1 Å². The molecule has 1 unspecified atom stereocenters. The van der Waals surface area contributed by atoms with Crippen molar-refractivity contribution in [3.05, 3.63) is 18.2 Å². The molecule has 2 N–H and O–H groups in total. The van der Waals surface area contributed by atoms with Gasteiger partial charge in [0.15, 0.2) is 11.5 Å². The number of fused-ring (bicyclic) bond motifs is 1. The Bertz CT molecular complexity index is 446. The Morgan fingerprint density at radius 2 is 2.00 bits per heavy atom. The Labute approximate surface area is 106 Å². The monoisotopic (exact) mass is 250 g/mol. The summed E-state index contributed by atoms with van der Waals surface area (Å²) in [5.74, 6) is 1.26. The van der Waals surface area contributed by atoms with Gasteiger partial charge in [-0.3, -0.25) is 4.79 Å². The predicted octanol–water partition coefficient (Wildman–Crippen LogP) is 1.16. The Kier molecular flexibility index (Phi) is 3.72. The lowest BCUT2D eigenvalue weighted by atomic mass is 10.2. The number of benzene rings is 1. The fourth-order valence-corrected chi connectivity index (χ4v) is 1.79. The molecule has 18 heavy (non-hydrogen) atoms. The lowest BCUT2D eigenvalue weighted by Crippen LogP contribution is -2.39. The third-order valence-corrected chi connectivity index (χ3v) is 2.84. The van der Waals surface area contributed by atoms with Crippen LogP contribution in [-0.2, 0) is 4.79 Å². The van der Waals surface area contributed by atoms with Gasteiger partial charge in [0.2, 0.25) is 5.91 Å². The quantitative estimate of drug-likeness (QED) is 0.855. The van der Waals surface area contributed by atoms with E-state index in [0.717, 1.165) is 17.9 Å². The number of nitrogens with zero attached hydrogens (tertiary/aromatic N) is 1. The standard InChI is InChI=1S/C13H18N2O3/c1-9(14)13(16)15(2)10-4-5-11-12(8-10)18-7-3-6-17-11/h4-5,8-9H,3,6-7,14H2,1-2H3. The second kappa shape index (κ2) is 5.27. The van der Waals surface area contributed by atoms with Gasteiger partial charge in [-0.1, -0.05) is 0 Å². The number of ether oxygens (including phenoxy) is 2. The van der Waals surface area contributed by atoms with Crippen LogP contribution in [0.3, 0.4) is 0 Å². The fourth-order valence-electron chi connectivity index (χ4n) is 1.79. The minimum Gasteiger partial charge on any atom is -0.490 e. The highest BCUT2D eigenvalue weighted by Gasteiger charge is 2.18. The van der Waals surface area contributed by atoms with Gasteiger partial charge in [-0.25, -0.2) is 0 Å². The highest BCUT2D eigenvalue weighted by Crippen LogP contribution is 2.33. The topological polar surface area (TPSA) is 64.8 Å². The summed E-state index contributed by atoms with van der Waals surface area (Å²) in [5.41, 5.74) is 6.34. The summed E-state index contributed by atoms with van der Waals surface area (Å²) < 4.78 is 11.1. The summed E-state index contributed by atoms with van der Waals surface area (Å²) in [6.07, 6.45) is 0.860. The van der Waals surface area contributed by atoms with E-state index in [1.54, 1.807) is 20.0 Å². The lowest BCUT2D eigenvalue weighted by molar-refractivity contribution is -0.119. The van der Waals surface area contributed by atoms with Gasteiger partial charge < -0.3 is 20.1 Å². The zero-order valence-electron chi connectivity index (χ0n) is 10.7. The van der Waals surface area contributed by atoms with E-state index in [4.69, 9.17) is 15.2 Å². The zero-order chi connectivity index (χ0) is 13.1. The maximum absolute atomic E-state index is 11.8. The molecule has 0 fully saturated rings. The number of hydrogen-bond acceptors (Lipinski definition) is 4. The van der Waals surface area contributed by atoms with E-state index in [2.05, 4.69) is 0 Å². The van der Waals surface area contributed by atoms with Gasteiger partial charge >= 0.3 is 0 Å². The molecule has 5 heteroatoms. The number of anilines is 1. The first kappa shape index (κ1) is 12.7. The van der Waals surface area contributed by atoms with Gasteiger partial charge in [-0.2, -0.15) is 0 Å². The average molecular weight is 250 g/mol. The van der Waals surface area contributed by atoms with E-state index in [0.29, 0.717) is 19.0 Å². The molecule has 0 aromatic heterocycles. The summed E-state index contributed by atoms with van der Waals surface area (Å²) in [4.78, 5) is 13.3. The molecular weight excluding hydrogens is 232 g/mol. The van der Waals surface area contributed by atoms with Crippen molar-refractivity contribution in [2.75, 3.05) is 25.2 Å². The van der Waals surface area contributed by atoms with Crippen LogP contribution in [-0.4, -0.2) is 32.2 Å². The molecule has 1 atom stereocenters. The maximum atomic E-state index is 11.8. The maximum Gasteiger partial charge on any atom is 0.243 e. The molecule has 1 aromatic rings. The van der Waals surface area contributed by atoms with Gasteiger partial charge in [-0.05, 0) is 19.1 Å². The molecule has 1 amide bonds. The van der Waals surface area contributed by atoms with Crippen molar-refractivity contribution in [3.8, 4) is 11.5 Å². The normalized spacial score (nSPS) is 15.7. The Hall–Kier alpha value is -1.75. The van der Waals surface area contributed by atoms with Gasteiger partial charge in [0.25, 0.3) is 0 Å². The van der Waals surface area contributed by atoms with Crippen molar-refractivity contribution in [3.63, 3.8) is 0 Å². The van der Waals surface area contributed by atoms with Crippen molar-refractivity contribution in [1.82, 2.24) is 0 Å². The minimum atomic E-state index is -0.522. The van der Waals surface area contributed by atoms with E-state index in [-0.39, 0.29) is 5.91 Å². The van der Waals surface area contributed by atoms with Crippen LogP contribution in [0.5, 0.6) is 11.5 Å². The molecule has 0 bridgehead atoms. The van der Waals surface area contributed by atoms with Crippen LogP contribution in [0.2, 0.25) is 0 Å². The molecule has 0 spiro atoms. The fraction of sp³-hybridized carbons (Fsp3) is 0.462. The molecule has 0 radical (unpaired) electrons. The van der Waals surface area contributed by atoms with Gasteiger partial charge in [0.1, 0.15) is 0 Å². The van der Waals surface area contributed by atoms with Crippen LogP contribution in [0.15, 0.2) is 18.2 Å². The molecule has 0 saturated heterocycles. The Balaban J connectivity index is 2.25. The minimum absolute atomic E-state index is 0.135. The van der Waals surface area contributed by atoms with Crippen molar-refractivity contribution >= 4 is 11.6 Å². The first-order chi connectivity index (χ1) is 8.59. The number of carbonyl (C=O) groups is 1. The molecule has 1 aliphatic rings. The number of rotatable bonds is 2. The molecule has 1 aromatic carbocycles. The van der Waals surface area contributed by atoms with Crippen LogP contribution in [0.4, 0.5) is 5.69 Å². The van der Waals surface area contributed by atoms with Crippen LogP contribution in [0.25, 0.3) is 0 Å². The number of amides is 1. The number of nitrogens with two attached hydrogens (primary N) is 1. The lowest BCUT2D eigenvalue weighted by Gasteiger charge is -2.20. The molecule has 0 saturated carbocycles. The van der Waals surface area contributed by atoms with Crippen molar-refractivity contribution < 1.29 is 14.3 Å².